The summed E-state index contributed by atoms with van der Waals surface area (Å²) in [6.45, 7) is 2.49. The lowest BCUT2D eigenvalue weighted by Gasteiger charge is -2.04. The highest BCUT2D eigenvalue weighted by molar-refractivity contribution is 6.09. The Balaban J connectivity index is 2.51. The molecule has 13 heavy (non-hydrogen) atoms. The van der Waals surface area contributed by atoms with Gasteiger partial charge in [0.2, 0.25) is 0 Å². The summed E-state index contributed by atoms with van der Waals surface area (Å²) < 4.78 is 0. The molecule has 1 aromatic carbocycles. The van der Waals surface area contributed by atoms with Crippen LogP contribution in [0.3, 0.4) is 0 Å². The highest BCUT2D eigenvalue weighted by atomic mass is 16.1. The molecular weight excluding hydrogens is 164 g/mol. The summed E-state index contributed by atoms with van der Waals surface area (Å²) in [5, 5.41) is 3.15. The van der Waals surface area contributed by atoms with Gasteiger partial charge >= 0.3 is 0 Å². The van der Waals surface area contributed by atoms with Gasteiger partial charge in [-0.2, -0.15) is 0 Å². The summed E-state index contributed by atoms with van der Waals surface area (Å²) in [5.41, 5.74) is 2.34. The maximum Gasteiger partial charge on any atom is 0.279 e. The van der Waals surface area contributed by atoms with E-state index in [1.807, 2.05) is 25.1 Å². The van der Waals surface area contributed by atoms with Crippen LogP contribution in [0, 0.1) is 0 Å². The first kappa shape index (κ1) is 7.98. The number of fused-ring (bicyclic) bond motifs is 1. The molecule has 2 rings (SSSR count). The highest BCUT2D eigenvalue weighted by Crippen LogP contribution is 2.17. The zero-order valence-corrected chi connectivity index (χ0v) is 7.37. The molecule has 0 unspecified atom stereocenters. The largest absolute Gasteiger partial charge is 0.379 e. The van der Waals surface area contributed by atoms with E-state index in [2.05, 4.69) is 10.3 Å². The van der Waals surface area contributed by atoms with Gasteiger partial charge in [-0.1, -0.05) is 12.1 Å². The first-order chi connectivity index (χ1) is 6.27. The molecule has 3 heteroatoms. The Labute approximate surface area is 76.5 Å². The molecule has 0 bridgehead atoms. The molecule has 66 valence electrons. The summed E-state index contributed by atoms with van der Waals surface area (Å²) >= 11 is 0. The number of aliphatic imine (C=N–C) groups is 1. The molecule has 0 atom stereocenters. The van der Waals surface area contributed by atoms with Gasteiger partial charge in [-0.3, -0.25) is 4.79 Å². The third kappa shape index (κ3) is 1.45. The first-order valence-corrected chi connectivity index (χ1v) is 4.19. The van der Waals surface area contributed by atoms with E-state index in [1.54, 1.807) is 6.07 Å². The van der Waals surface area contributed by atoms with Gasteiger partial charge in [0.25, 0.3) is 5.91 Å². The van der Waals surface area contributed by atoms with Crippen molar-refractivity contribution in [1.82, 2.24) is 0 Å². The smallest absolute Gasteiger partial charge is 0.279 e. The Hall–Kier alpha value is -1.64. The van der Waals surface area contributed by atoms with Crippen molar-refractivity contribution in [2.24, 2.45) is 4.99 Å². The minimum Gasteiger partial charge on any atom is -0.379 e. The van der Waals surface area contributed by atoms with Gasteiger partial charge in [-0.15, -0.1) is 0 Å². The van der Waals surface area contributed by atoms with Crippen LogP contribution in [0.25, 0.3) is 0 Å². The summed E-state index contributed by atoms with van der Waals surface area (Å²) in [5.74, 6) is -0.155. The molecule has 0 radical (unpaired) electrons. The predicted molar refractivity (Wildman–Crippen MR) is 52.4 cm³/mol. The lowest BCUT2D eigenvalue weighted by Crippen LogP contribution is -2.08. The van der Waals surface area contributed by atoms with Crippen LogP contribution in [0.15, 0.2) is 29.3 Å². The fraction of sp³-hybridized carbons (Fsp3) is 0.200. The Morgan fingerprint density at radius 1 is 1.38 bits per heavy atom. The molecule has 0 fully saturated rings. The van der Waals surface area contributed by atoms with Crippen molar-refractivity contribution in [3.8, 4) is 0 Å². The maximum absolute atomic E-state index is 11.5. The van der Waals surface area contributed by atoms with Crippen LogP contribution in [0.1, 0.15) is 17.3 Å². The summed E-state index contributed by atoms with van der Waals surface area (Å²) in [7, 11) is 0. The van der Waals surface area contributed by atoms with E-state index < -0.39 is 0 Å². The van der Waals surface area contributed by atoms with Gasteiger partial charge in [-0.25, -0.2) is 4.99 Å². The van der Waals surface area contributed by atoms with Crippen LogP contribution in [-0.4, -0.2) is 18.2 Å². The number of carbonyl (C=O) groups is 1. The fourth-order valence-corrected chi connectivity index (χ4v) is 1.32. The topological polar surface area (TPSA) is 41.5 Å². The standard InChI is InChI=1S/C10H10N2O/c1-7-6-11-9-5-3-2-4-8(9)10(13)12-7/h2-5,11H,6H2,1H3. The molecule has 1 aliphatic rings. The van der Waals surface area contributed by atoms with E-state index in [0.717, 1.165) is 11.4 Å². The van der Waals surface area contributed by atoms with Crippen molar-refractivity contribution < 1.29 is 4.79 Å². The average Bonchev–Trinajstić information content (AvgIpc) is 2.27. The van der Waals surface area contributed by atoms with Gasteiger partial charge in [0.1, 0.15) is 0 Å². The van der Waals surface area contributed by atoms with Crippen LogP contribution in [0.2, 0.25) is 0 Å². The van der Waals surface area contributed by atoms with E-state index in [-0.39, 0.29) is 5.91 Å². The molecule has 1 N–H and O–H groups in total. The zero-order valence-electron chi connectivity index (χ0n) is 7.37. The van der Waals surface area contributed by atoms with E-state index in [1.165, 1.54) is 0 Å². The van der Waals surface area contributed by atoms with Crippen LogP contribution < -0.4 is 5.32 Å². The number of amides is 1. The molecule has 1 heterocycles. The number of nitrogens with one attached hydrogen (secondary N) is 1. The first-order valence-electron chi connectivity index (χ1n) is 4.19. The molecule has 0 aromatic heterocycles. The highest BCUT2D eigenvalue weighted by Gasteiger charge is 2.13. The molecule has 1 aliphatic heterocycles. The van der Waals surface area contributed by atoms with E-state index >= 15 is 0 Å². The second-order valence-corrected chi connectivity index (χ2v) is 3.05. The normalized spacial score (nSPS) is 15.5. The van der Waals surface area contributed by atoms with Crippen LogP contribution in [0.4, 0.5) is 5.69 Å². The minimum absolute atomic E-state index is 0.155. The van der Waals surface area contributed by atoms with E-state index in [9.17, 15) is 4.79 Å². The molecule has 1 aromatic rings. The number of hydrogen-bond donors (Lipinski definition) is 1. The zero-order chi connectivity index (χ0) is 9.26. The third-order valence-corrected chi connectivity index (χ3v) is 1.98. The number of nitrogens with zero attached hydrogens (tertiary/aromatic N) is 1. The Morgan fingerprint density at radius 3 is 3.00 bits per heavy atom. The van der Waals surface area contributed by atoms with Gasteiger partial charge in [-0.05, 0) is 19.1 Å². The Kier molecular flexibility index (Phi) is 1.85. The number of rotatable bonds is 0. The number of hydrogen-bond acceptors (Lipinski definition) is 2. The second-order valence-electron chi connectivity index (χ2n) is 3.05. The van der Waals surface area contributed by atoms with Gasteiger partial charge < -0.3 is 5.32 Å². The molecule has 0 saturated carbocycles. The molecule has 0 saturated heterocycles. The monoisotopic (exact) mass is 174 g/mol. The quantitative estimate of drug-likeness (QED) is 0.650. The molecule has 0 spiro atoms. The second kappa shape index (κ2) is 3.01. The van der Waals surface area contributed by atoms with Crippen molar-refractivity contribution in [3.05, 3.63) is 29.8 Å². The summed E-state index contributed by atoms with van der Waals surface area (Å²) in [4.78, 5) is 15.4. The van der Waals surface area contributed by atoms with Gasteiger partial charge in [0.05, 0.1) is 12.1 Å². The third-order valence-electron chi connectivity index (χ3n) is 1.98. The predicted octanol–water partition coefficient (Wildman–Crippen LogP) is 1.71. The number of carbonyl (C=O) groups excluding carboxylic acids is 1. The van der Waals surface area contributed by atoms with Crippen molar-refractivity contribution >= 4 is 17.3 Å². The molecule has 1 amide bonds. The number of anilines is 1. The SMILES string of the molecule is CC1=NC(=O)c2ccccc2NC1. The van der Waals surface area contributed by atoms with Crippen molar-refractivity contribution in [2.45, 2.75) is 6.92 Å². The van der Waals surface area contributed by atoms with Crippen molar-refractivity contribution in [2.75, 3.05) is 11.9 Å². The lowest BCUT2D eigenvalue weighted by molar-refractivity contribution is 0.100. The number of para-hydroxylation sites is 1. The maximum atomic E-state index is 11.5. The van der Waals surface area contributed by atoms with Gasteiger partial charge in [0, 0.05) is 11.4 Å². The minimum atomic E-state index is -0.155. The van der Waals surface area contributed by atoms with Crippen LogP contribution in [0.5, 0.6) is 0 Å². The van der Waals surface area contributed by atoms with E-state index in [4.69, 9.17) is 0 Å². The van der Waals surface area contributed by atoms with E-state index in [0.29, 0.717) is 12.1 Å². The fourth-order valence-electron chi connectivity index (χ4n) is 1.32. The molecule has 0 aliphatic carbocycles. The van der Waals surface area contributed by atoms with Crippen LogP contribution in [-0.2, 0) is 0 Å². The van der Waals surface area contributed by atoms with Crippen molar-refractivity contribution in [3.63, 3.8) is 0 Å². The Bertz CT molecular complexity index is 382. The molecular formula is C10H10N2O. The van der Waals surface area contributed by atoms with Crippen LogP contribution >= 0.6 is 0 Å². The number of benzene rings is 1. The average molecular weight is 174 g/mol. The molecule has 3 nitrogen and oxygen atoms in total. The van der Waals surface area contributed by atoms with Gasteiger partial charge in [0.15, 0.2) is 0 Å². The Morgan fingerprint density at radius 2 is 2.15 bits per heavy atom. The van der Waals surface area contributed by atoms with Crippen molar-refractivity contribution in [1.29, 1.82) is 0 Å². The lowest BCUT2D eigenvalue weighted by atomic mass is 10.2. The summed E-state index contributed by atoms with van der Waals surface area (Å²) in [6.07, 6.45) is 0. The summed E-state index contributed by atoms with van der Waals surface area (Å²) in [6, 6.07) is 7.42.